The van der Waals surface area contributed by atoms with Crippen LogP contribution in [0.15, 0.2) is 0 Å². The highest BCUT2D eigenvalue weighted by Gasteiger charge is 2.16. The molecule has 0 aromatic heterocycles. The van der Waals surface area contributed by atoms with Crippen molar-refractivity contribution in [2.45, 2.75) is 64.9 Å². The van der Waals surface area contributed by atoms with Crippen LogP contribution in [-0.4, -0.2) is 11.2 Å². The lowest BCUT2D eigenvalue weighted by Crippen LogP contribution is -2.11. The fourth-order valence-corrected chi connectivity index (χ4v) is 2.39. The molecule has 0 heterocycles. The molecule has 0 amide bonds. The maximum absolute atomic E-state index is 9.68. The molecule has 1 saturated carbocycles. The zero-order chi connectivity index (χ0) is 9.68. The average molecular weight is 184 g/mol. The van der Waals surface area contributed by atoms with Crippen LogP contribution < -0.4 is 0 Å². The molecule has 1 aliphatic carbocycles. The van der Waals surface area contributed by atoms with Gasteiger partial charge in [-0.2, -0.15) is 0 Å². The summed E-state index contributed by atoms with van der Waals surface area (Å²) in [6.45, 7) is 4.36. The van der Waals surface area contributed by atoms with Crippen molar-refractivity contribution in [2.75, 3.05) is 0 Å². The summed E-state index contributed by atoms with van der Waals surface area (Å²) in [4.78, 5) is 0. The molecule has 0 aliphatic heterocycles. The first-order valence-electron chi connectivity index (χ1n) is 5.86. The van der Waals surface area contributed by atoms with Crippen LogP contribution in [0.2, 0.25) is 0 Å². The zero-order valence-electron chi connectivity index (χ0n) is 9.13. The maximum atomic E-state index is 9.68. The van der Waals surface area contributed by atoms with Gasteiger partial charge in [0.25, 0.3) is 0 Å². The van der Waals surface area contributed by atoms with Crippen LogP contribution in [0, 0.1) is 11.8 Å². The van der Waals surface area contributed by atoms with Gasteiger partial charge in [-0.05, 0) is 31.1 Å². The molecule has 0 bridgehead atoms. The third kappa shape index (κ3) is 4.66. The molecular formula is C12H24O. The number of hydrogen-bond donors (Lipinski definition) is 1. The van der Waals surface area contributed by atoms with Crippen molar-refractivity contribution in [1.82, 2.24) is 0 Å². The van der Waals surface area contributed by atoms with Gasteiger partial charge in [0.1, 0.15) is 0 Å². The van der Waals surface area contributed by atoms with Gasteiger partial charge < -0.3 is 5.11 Å². The summed E-state index contributed by atoms with van der Waals surface area (Å²) in [6.07, 6.45) is 8.89. The topological polar surface area (TPSA) is 20.2 Å². The number of hydrogen-bond acceptors (Lipinski definition) is 1. The van der Waals surface area contributed by atoms with Crippen molar-refractivity contribution in [3.05, 3.63) is 0 Å². The SMILES string of the molecule is CC(C)CC(O)CCC1CCCC1. The minimum Gasteiger partial charge on any atom is -0.393 e. The molecule has 78 valence electrons. The molecule has 0 saturated heterocycles. The van der Waals surface area contributed by atoms with E-state index in [1.54, 1.807) is 0 Å². The summed E-state index contributed by atoms with van der Waals surface area (Å²) in [7, 11) is 0. The van der Waals surface area contributed by atoms with Crippen molar-refractivity contribution >= 4 is 0 Å². The first-order chi connectivity index (χ1) is 6.18. The molecular weight excluding hydrogens is 160 g/mol. The van der Waals surface area contributed by atoms with Crippen LogP contribution >= 0.6 is 0 Å². The minimum absolute atomic E-state index is 0.0411. The van der Waals surface area contributed by atoms with Gasteiger partial charge in [0, 0.05) is 0 Å². The van der Waals surface area contributed by atoms with E-state index >= 15 is 0 Å². The van der Waals surface area contributed by atoms with Gasteiger partial charge in [0.15, 0.2) is 0 Å². The lowest BCUT2D eigenvalue weighted by Gasteiger charge is -2.15. The van der Waals surface area contributed by atoms with Gasteiger partial charge in [-0.3, -0.25) is 0 Å². The third-order valence-corrected chi connectivity index (χ3v) is 3.13. The summed E-state index contributed by atoms with van der Waals surface area (Å²) in [5.41, 5.74) is 0. The maximum Gasteiger partial charge on any atom is 0.0542 e. The Morgan fingerprint density at radius 3 is 2.38 bits per heavy atom. The van der Waals surface area contributed by atoms with Crippen molar-refractivity contribution in [3.63, 3.8) is 0 Å². The molecule has 0 aromatic carbocycles. The highest BCUT2D eigenvalue weighted by atomic mass is 16.3. The lowest BCUT2D eigenvalue weighted by atomic mass is 9.96. The van der Waals surface area contributed by atoms with Gasteiger partial charge >= 0.3 is 0 Å². The monoisotopic (exact) mass is 184 g/mol. The fourth-order valence-electron chi connectivity index (χ4n) is 2.39. The van der Waals surface area contributed by atoms with E-state index in [0.717, 1.165) is 18.8 Å². The van der Waals surface area contributed by atoms with E-state index in [1.807, 2.05) is 0 Å². The smallest absolute Gasteiger partial charge is 0.0542 e. The van der Waals surface area contributed by atoms with Crippen LogP contribution in [0.3, 0.4) is 0 Å². The Morgan fingerprint density at radius 2 is 1.85 bits per heavy atom. The van der Waals surface area contributed by atoms with Gasteiger partial charge in [-0.15, -0.1) is 0 Å². The highest BCUT2D eigenvalue weighted by Crippen LogP contribution is 2.29. The first kappa shape index (κ1) is 11.0. The molecule has 0 aromatic rings. The van der Waals surface area contributed by atoms with Crippen LogP contribution in [0.5, 0.6) is 0 Å². The molecule has 1 nitrogen and oxygen atoms in total. The fraction of sp³-hybridized carbons (Fsp3) is 1.00. The van der Waals surface area contributed by atoms with Crippen molar-refractivity contribution in [1.29, 1.82) is 0 Å². The molecule has 1 N–H and O–H groups in total. The molecule has 1 heteroatoms. The van der Waals surface area contributed by atoms with Gasteiger partial charge in [-0.1, -0.05) is 39.5 Å². The molecule has 1 rings (SSSR count). The molecule has 1 atom stereocenters. The molecule has 0 radical (unpaired) electrons. The Balaban J connectivity index is 2.03. The summed E-state index contributed by atoms with van der Waals surface area (Å²) in [6, 6.07) is 0. The molecule has 1 aliphatic rings. The van der Waals surface area contributed by atoms with E-state index in [4.69, 9.17) is 0 Å². The van der Waals surface area contributed by atoms with Crippen LogP contribution in [-0.2, 0) is 0 Å². The predicted octanol–water partition coefficient (Wildman–Crippen LogP) is 3.36. The summed E-state index contributed by atoms with van der Waals surface area (Å²) in [5, 5.41) is 9.68. The Bertz CT molecular complexity index is 125. The second-order valence-electron chi connectivity index (χ2n) is 5.01. The van der Waals surface area contributed by atoms with Crippen molar-refractivity contribution in [3.8, 4) is 0 Å². The van der Waals surface area contributed by atoms with Gasteiger partial charge in [-0.25, -0.2) is 0 Å². The normalized spacial score (nSPS) is 21.2. The van der Waals surface area contributed by atoms with Crippen LogP contribution in [0.1, 0.15) is 58.8 Å². The Hall–Kier alpha value is -0.0400. The van der Waals surface area contributed by atoms with E-state index in [9.17, 15) is 5.11 Å². The number of aliphatic hydroxyl groups excluding tert-OH is 1. The Labute approximate surface area is 82.5 Å². The molecule has 13 heavy (non-hydrogen) atoms. The average Bonchev–Trinajstić information content (AvgIpc) is 2.51. The standard InChI is InChI=1S/C12H24O/c1-10(2)9-12(13)8-7-11-5-3-4-6-11/h10-13H,3-9H2,1-2H3. The Morgan fingerprint density at radius 1 is 1.23 bits per heavy atom. The number of aliphatic hydroxyl groups is 1. The molecule has 1 fully saturated rings. The second kappa shape index (κ2) is 5.64. The van der Waals surface area contributed by atoms with Gasteiger partial charge in [0.05, 0.1) is 6.10 Å². The highest BCUT2D eigenvalue weighted by molar-refractivity contribution is 4.69. The van der Waals surface area contributed by atoms with E-state index in [-0.39, 0.29) is 6.10 Å². The van der Waals surface area contributed by atoms with Crippen LogP contribution in [0.25, 0.3) is 0 Å². The summed E-state index contributed by atoms with van der Waals surface area (Å²) in [5.74, 6) is 1.57. The quantitative estimate of drug-likeness (QED) is 0.694. The minimum atomic E-state index is -0.0411. The number of rotatable bonds is 5. The third-order valence-electron chi connectivity index (χ3n) is 3.13. The molecule has 1 unspecified atom stereocenters. The van der Waals surface area contributed by atoms with Crippen molar-refractivity contribution in [2.24, 2.45) is 11.8 Å². The first-order valence-corrected chi connectivity index (χ1v) is 5.86. The predicted molar refractivity (Wildman–Crippen MR) is 56.7 cm³/mol. The van der Waals surface area contributed by atoms with E-state index in [2.05, 4.69) is 13.8 Å². The lowest BCUT2D eigenvalue weighted by molar-refractivity contribution is 0.131. The molecule has 0 spiro atoms. The van der Waals surface area contributed by atoms with E-state index < -0.39 is 0 Å². The van der Waals surface area contributed by atoms with Crippen molar-refractivity contribution < 1.29 is 5.11 Å². The summed E-state index contributed by atoms with van der Waals surface area (Å²) >= 11 is 0. The summed E-state index contributed by atoms with van der Waals surface area (Å²) < 4.78 is 0. The van der Waals surface area contributed by atoms with Crippen LogP contribution in [0.4, 0.5) is 0 Å². The van der Waals surface area contributed by atoms with E-state index in [0.29, 0.717) is 5.92 Å². The largest absolute Gasteiger partial charge is 0.393 e. The second-order valence-corrected chi connectivity index (χ2v) is 5.01. The van der Waals surface area contributed by atoms with Gasteiger partial charge in [0.2, 0.25) is 0 Å². The zero-order valence-corrected chi connectivity index (χ0v) is 9.13. The Kier molecular flexibility index (Phi) is 4.79. The van der Waals surface area contributed by atoms with E-state index in [1.165, 1.54) is 32.1 Å².